The molecular formula is C68H52F27IO11S5. The Bertz CT molecular complexity index is 4510. The molecule has 44 heteroatoms. The van der Waals surface area contributed by atoms with Crippen molar-refractivity contribution in [1.29, 1.82) is 0 Å². The van der Waals surface area contributed by atoms with E-state index in [1.54, 1.807) is 0 Å². The van der Waals surface area contributed by atoms with Gasteiger partial charge in [-0.25, -0.2) is 25.3 Å². The van der Waals surface area contributed by atoms with Crippen molar-refractivity contribution >= 4 is 52.1 Å². The average molecular weight is 1850 g/mol. The van der Waals surface area contributed by atoms with E-state index >= 15 is 0 Å². The first-order valence-corrected chi connectivity index (χ1v) is 39.0. The Morgan fingerprint density at radius 3 is 0.607 bits per heavy atom. The number of benzene rings is 8. The van der Waals surface area contributed by atoms with Gasteiger partial charge < -0.3 is 23.1 Å². The summed E-state index contributed by atoms with van der Waals surface area (Å²) in [6, 6.07) is 61.8. The largest absolute Gasteiger partial charge is 0.743 e. The van der Waals surface area contributed by atoms with Crippen molar-refractivity contribution in [2.75, 3.05) is 0 Å². The molecule has 11 nitrogen and oxygen atoms in total. The Labute approximate surface area is 635 Å². The molecule has 0 saturated carbocycles. The van der Waals surface area contributed by atoms with Gasteiger partial charge in [0, 0.05) is 22.3 Å². The molecule has 0 aromatic heterocycles. The fourth-order valence-electron chi connectivity index (χ4n) is 9.23. The lowest BCUT2D eigenvalue weighted by Gasteiger charge is -2.34. The third-order valence-electron chi connectivity index (χ3n) is 14.9. The predicted octanol–water partition coefficient (Wildman–Crippen LogP) is 17.9. The number of halogens is 28. The Kier molecular flexibility index (Phi) is 28.8. The average Bonchev–Trinajstić information content (AvgIpc) is 0.732. The van der Waals surface area contributed by atoms with Crippen LogP contribution in [-0.4, -0.2) is 109 Å². The van der Waals surface area contributed by atoms with Crippen LogP contribution >= 0.6 is 0 Å². The summed E-state index contributed by atoms with van der Waals surface area (Å²) in [4.78, 5) is 8.03. The van der Waals surface area contributed by atoms with E-state index < -0.39 is 100 Å². The lowest BCUT2D eigenvalue weighted by atomic mass is 10.1. The first-order valence-electron chi connectivity index (χ1n) is 30.1. The van der Waals surface area contributed by atoms with Crippen molar-refractivity contribution in [3.8, 4) is 23.0 Å². The van der Waals surface area contributed by atoms with E-state index in [9.17, 15) is 157 Å². The lowest BCUT2D eigenvalue weighted by molar-refractivity contribution is -0.597. The molecule has 112 heavy (non-hydrogen) atoms. The molecule has 8 aromatic rings. The van der Waals surface area contributed by atoms with Crippen LogP contribution in [0.5, 0.6) is 23.0 Å². The second-order valence-corrected chi connectivity index (χ2v) is 34.9. The van der Waals surface area contributed by atoms with Gasteiger partial charge in [0.15, 0.2) is 66.9 Å². The number of alkyl halides is 27. The minimum absolute atomic E-state index is 0.221. The number of hydrogen-bond acceptors (Lipinski definition) is 11. The SMILES string of the molecule is Cc1ccc([S+](c2ccc(Oc3ccc([I+]c4ccc(Oc5ccc([S+](c6ccc(C)cc6C)c6ccc(C)cc6C)cc5)cc4)cc3)cc2)c2ccc(C)cc2C)c(C)c1.O=S(=O)([O-])C(F)(F)C(F)(F)C(F)(F)C(F)(F)F.O=S(=O)([O-])C(F)(F)C(F)(F)C(F)(F)C(F)(F)F.O=S(=O)([O-])C(F)(F)C(F)(F)C(F)(F)C(F)(F)F. The van der Waals surface area contributed by atoms with Crippen LogP contribution in [0.15, 0.2) is 199 Å². The van der Waals surface area contributed by atoms with E-state index in [-0.39, 0.29) is 43.0 Å². The maximum Gasteiger partial charge on any atom is 0.460 e. The van der Waals surface area contributed by atoms with Crippen molar-refractivity contribution in [3.63, 3.8) is 0 Å². The minimum atomic E-state index is -7.43. The van der Waals surface area contributed by atoms with E-state index in [1.807, 2.05) is 0 Å². The highest BCUT2D eigenvalue weighted by atomic mass is 127. The number of ether oxygens (including phenoxy) is 2. The van der Waals surface area contributed by atoms with Gasteiger partial charge in [0.25, 0.3) is 0 Å². The third kappa shape index (κ3) is 20.3. The van der Waals surface area contributed by atoms with Crippen molar-refractivity contribution < 1.29 is 188 Å². The van der Waals surface area contributed by atoms with Crippen LogP contribution in [0, 0.1) is 62.5 Å². The summed E-state index contributed by atoms with van der Waals surface area (Å²) in [6.07, 6.45) is -21.5. The molecule has 0 aliphatic heterocycles. The van der Waals surface area contributed by atoms with Crippen molar-refractivity contribution in [1.82, 2.24) is 0 Å². The van der Waals surface area contributed by atoms with Crippen molar-refractivity contribution in [2.45, 2.75) is 155 Å². The fraction of sp³-hybridized carbons (Fsp3) is 0.294. The fourth-order valence-corrected chi connectivity index (χ4v) is 17.4. The van der Waals surface area contributed by atoms with Gasteiger partial charge in [-0.15, -0.1) is 0 Å². The number of aryl methyl sites for hydroxylation is 8. The lowest BCUT2D eigenvalue weighted by Crippen LogP contribution is -3.61. The van der Waals surface area contributed by atoms with Gasteiger partial charge in [0.05, 0.1) is 21.8 Å². The quantitative estimate of drug-likeness (QED) is 0.0288. The van der Waals surface area contributed by atoms with Crippen LogP contribution in [0.2, 0.25) is 0 Å². The molecule has 0 N–H and O–H groups in total. The molecule has 0 heterocycles. The van der Waals surface area contributed by atoms with E-state index in [0.717, 1.165) is 23.0 Å². The zero-order chi connectivity index (χ0) is 86.1. The molecular weight excluding hydrogens is 1790 g/mol. The van der Waals surface area contributed by atoms with Gasteiger partial charge in [0.2, 0.25) is 0 Å². The van der Waals surface area contributed by atoms with Gasteiger partial charge in [-0.3, -0.25) is 0 Å². The van der Waals surface area contributed by atoms with E-state index in [1.165, 1.54) is 81.0 Å². The van der Waals surface area contributed by atoms with Crippen LogP contribution in [0.3, 0.4) is 0 Å². The molecule has 0 radical (unpaired) electrons. The predicted molar refractivity (Wildman–Crippen MR) is 343 cm³/mol. The van der Waals surface area contributed by atoms with E-state index in [4.69, 9.17) is 9.47 Å². The standard InChI is InChI=1S/C56H52IO2S2.3C4HF9O3S/c1-37-9-29-53(41(5)33-37)60(54-30-10-38(2)34-42(54)6)51-25-21-49(22-26-51)58-47-17-13-45(14-18-47)57-46-15-19-48(20-16-46)59-50-23-27-52(28-24-50)61(55-31-11-39(3)35-43(55)7)56-32-12-40(4)36-44(56)8;3*5-1(6,3(9,10)11)2(7,8)4(12,13)17(14,15)16/h9-36H,1-8H3;3*(H,14,15,16)/q+3;;;/p-3. The summed E-state index contributed by atoms with van der Waals surface area (Å²) in [5, 5.41) is -21.3. The molecule has 0 aliphatic rings. The van der Waals surface area contributed by atoms with Crippen LogP contribution in [0.25, 0.3) is 0 Å². The molecule has 0 spiro atoms. The maximum absolute atomic E-state index is 12.2. The van der Waals surface area contributed by atoms with Crippen molar-refractivity contribution in [3.05, 3.63) is 222 Å². The Balaban J connectivity index is 0.000000355. The summed E-state index contributed by atoms with van der Waals surface area (Å²) in [5.41, 5.74) is 10.4. The topological polar surface area (TPSA) is 190 Å². The maximum atomic E-state index is 12.2. The molecule has 8 rings (SSSR count). The van der Waals surface area contributed by atoms with Gasteiger partial charge >= 0.3 is 91.0 Å². The second kappa shape index (κ2) is 33.8. The summed E-state index contributed by atoms with van der Waals surface area (Å²) < 4.78 is 422. The summed E-state index contributed by atoms with van der Waals surface area (Å²) >= 11 is -0.361. The zero-order valence-electron chi connectivity index (χ0n) is 57.3. The van der Waals surface area contributed by atoms with E-state index in [2.05, 4.69) is 225 Å². The van der Waals surface area contributed by atoms with Crippen LogP contribution < -0.4 is 30.7 Å². The Hall–Kier alpha value is -7.37. The Morgan fingerprint density at radius 2 is 0.446 bits per heavy atom. The first-order chi connectivity index (χ1) is 50.5. The van der Waals surface area contributed by atoms with Gasteiger partial charge in [-0.2, -0.15) is 119 Å². The third-order valence-corrected chi connectivity index (χ3v) is 25.3. The highest BCUT2D eigenvalue weighted by molar-refractivity contribution is 7.97. The molecule has 0 fully saturated rings. The second-order valence-electron chi connectivity index (χ2n) is 23.7. The molecule has 0 saturated heterocycles. The van der Waals surface area contributed by atoms with Gasteiger partial charge in [-0.05, 0) is 177 Å². The molecule has 0 unspecified atom stereocenters. The van der Waals surface area contributed by atoms with E-state index in [0.29, 0.717) is 0 Å². The number of rotatable bonds is 21. The van der Waals surface area contributed by atoms with Gasteiger partial charge in [0.1, 0.15) is 23.0 Å². The molecule has 0 bridgehead atoms. The summed E-state index contributed by atoms with van der Waals surface area (Å²) in [5.74, 6) is -41.1. The molecule has 616 valence electrons. The first kappa shape index (κ1) is 95.2. The highest BCUT2D eigenvalue weighted by Gasteiger charge is 2.86. The molecule has 0 atom stereocenters. The zero-order valence-corrected chi connectivity index (χ0v) is 63.5. The molecule has 0 aliphatic carbocycles. The Morgan fingerprint density at radius 1 is 0.268 bits per heavy atom. The van der Waals surface area contributed by atoms with Crippen molar-refractivity contribution in [2.24, 2.45) is 0 Å². The monoisotopic (exact) mass is 1840 g/mol. The highest BCUT2D eigenvalue weighted by Crippen LogP contribution is 2.57. The minimum Gasteiger partial charge on any atom is -0.743 e. The smallest absolute Gasteiger partial charge is 0.460 e. The van der Waals surface area contributed by atoms with Crippen LogP contribution in [-0.2, 0) is 52.1 Å². The van der Waals surface area contributed by atoms with Crippen LogP contribution in [0.1, 0.15) is 44.5 Å². The van der Waals surface area contributed by atoms with Crippen LogP contribution in [0.4, 0.5) is 119 Å². The normalized spacial score (nSPS) is 13.5. The number of hydrogen-bond donors (Lipinski definition) is 0. The summed E-state index contributed by atoms with van der Waals surface area (Å²) in [6.45, 7) is 17.6. The van der Waals surface area contributed by atoms with Gasteiger partial charge in [-0.1, -0.05) is 70.8 Å². The molecule has 8 aromatic carbocycles. The molecule has 0 amide bonds. The summed E-state index contributed by atoms with van der Waals surface area (Å²) in [7, 11) is -22.7.